The van der Waals surface area contributed by atoms with Crippen LogP contribution in [-0.4, -0.2) is 164 Å². The van der Waals surface area contributed by atoms with Gasteiger partial charge in [-0.15, -0.1) is 0 Å². The molecule has 0 saturated heterocycles. The highest BCUT2D eigenvalue weighted by atomic mass is 32.2. The van der Waals surface area contributed by atoms with Gasteiger partial charge in [-0.05, 0) is 105 Å². The lowest BCUT2D eigenvalue weighted by Crippen LogP contribution is -2.59. The molecule has 1 aromatic carbocycles. The number of hydrogen-bond acceptors (Lipinski definition) is 16. The first-order valence-electron chi connectivity index (χ1n) is 30.6. The van der Waals surface area contributed by atoms with E-state index in [4.69, 9.17) is 22.2 Å². The van der Waals surface area contributed by atoms with Gasteiger partial charge in [-0.3, -0.25) is 57.7 Å². The molecule has 0 unspecified atom stereocenters. The number of rotatable bonds is 38. The molecule has 0 saturated carbocycles. The van der Waals surface area contributed by atoms with E-state index in [9.17, 15) is 57.8 Å². The van der Waals surface area contributed by atoms with Crippen LogP contribution in [0.25, 0.3) is 10.9 Å². The minimum Gasteiger partial charge on any atom is -0.511 e. The van der Waals surface area contributed by atoms with Crippen molar-refractivity contribution in [2.45, 2.75) is 188 Å². The molecule has 28 heteroatoms. The number of unbranched alkanes of at least 4 members (excludes halogenated alkanes) is 1. The third kappa shape index (κ3) is 24.0. The number of aromatic amines is 2. The van der Waals surface area contributed by atoms with Crippen molar-refractivity contribution in [1.82, 2.24) is 57.5 Å². The number of aromatic nitrogens is 3. The van der Waals surface area contributed by atoms with E-state index in [0.29, 0.717) is 36.4 Å². The molecule has 2 aromatic heterocycles. The predicted molar refractivity (Wildman–Crippen MR) is 343 cm³/mol. The summed E-state index contributed by atoms with van der Waals surface area (Å²) in [5.41, 5.74) is 18.5. The number of nitrogens with one attached hydrogen (secondary N) is 10. The number of thioether (sulfide) groups is 1. The van der Waals surface area contributed by atoms with Gasteiger partial charge < -0.3 is 74.8 Å². The number of Topliss-reactive ketones (excluding diaryl/α,β-unsaturated/α-hetero) is 1. The second kappa shape index (κ2) is 35.9. The number of nitrogens with zero attached hydrogens (tertiary/aromatic N) is 2. The van der Waals surface area contributed by atoms with Gasteiger partial charge >= 0.3 is 0 Å². The molecule has 27 nitrogen and oxygen atoms in total. The van der Waals surface area contributed by atoms with Crippen molar-refractivity contribution < 1.29 is 57.8 Å². The van der Waals surface area contributed by atoms with Crippen LogP contribution in [0.1, 0.15) is 138 Å². The lowest BCUT2D eigenvalue weighted by atomic mass is 9.75. The number of amides is 10. The fraction of sp³-hybridized carbons (Fsp3) is 0.597. The minimum atomic E-state index is -1.47. The lowest BCUT2D eigenvalue weighted by Gasteiger charge is -2.30. The number of imidazole rings is 1. The summed E-state index contributed by atoms with van der Waals surface area (Å²) in [4.78, 5) is 165. The number of fused-ring (bicyclic) bond motifs is 1. The first-order valence-corrected chi connectivity index (χ1v) is 32.0. The Morgan fingerprint density at radius 3 is 1.96 bits per heavy atom. The van der Waals surface area contributed by atoms with E-state index in [1.165, 1.54) is 31.2 Å². The van der Waals surface area contributed by atoms with Crippen LogP contribution in [0.2, 0.25) is 0 Å². The number of nitrogens with two attached hydrogens (primary N) is 3. The number of aliphatic imine (C=N–C) groups is 1. The van der Waals surface area contributed by atoms with Crippen LogP contribution in [0.4, 0.5) is 0 Å². The molecule has 496 valence electrons. The van der Waals surface area contributed by atoms with Crippen LogP contribution >= 0.6 is 11.8 Å². The molecule has 1 aliphatic rings. The molecule has 10 amide bonds. The zero-order valence-electron chi connectivity index (χ0n) is 53.5. The van der Waals surface area contributed by atoms with E-state index in [1.54, 1.807) is 26.1 Å². The van der Waals surface area contributed by atoms with Gasteiger partial charge in [-0.2, -0.15) is 11.8 Å². The Bertz CT molecular complexity index is 3050. The van der Waals surface area contributed by atoms with Gasteiger partial charge in [0.1, 0.15) is 54.1 Å². The van der Waals surface area contributed by atoms with Crippen molar-refractivity contribution >= 4 is 93.2 Å². The molecule has 0 fully saturated rings. The molecule has 90 heavy (non-hydrogen) atoms. The summed E-state index contributed by atoms with van der Waals surface area (Å²) in [6, 6.07) is -2.91. The molecule has 0 radical (unpaired) electrons. The minimum absolute atomic E-state index is 0.0486. The average Bonchev–Trinajstić information content (AvgIpc) is 3.71. The number of aliphatic hydroxyl groups is 1. The third-order valence-electron chi connectivity index (χ3n) is 15.0. The molecular weight excluding hydrogens is 1180 g/mol. The van der Waals surface area contributed by atoms with E-state index in [2.05, 4.69) is 57.5 Å². The number of ketones is 1. The maximum Gasteiger partial charge on any atom is 0.245 e. The van der Waals surface area contributed by atoms with Gasteiger partial charge in [0.2, 0.25) is 59.1 Å². The Hall–Kier alpha value is -8.14. The van der Waals surface area contributed by atoms with Crippen LogP contribution in [0.5, 0.6) is 0 Å². The second-order valence-corrected chi connectivity index (χ2v) is 25.9. The topological polar surface area (TPSA) is 439 Å². The molecule has 0 spiro atoms. The molecule has 4 rings (SSSR count). The van der Waals surface area contributed by atoms with Crippen molar-refractivity contribution in [1.29, 1.82) is 0 Å². The Kier molecular flexibility index (Phi) is 29.6. The average molecular weight is 1270 g/mol. The van der Waals surface area contributed by atoms with E-state index in [0.717, 1.165) is 10.9 Å². The number of primary amides is 2. The van der Waals surface area contributed by atoms with Crippen LogP contribution in [0.3, 0.4) is 0 Å². The number of carbonyl (C=O) groups excluding carboxylic acids is 11. The van der Waals surface area contributed by atoms with Gasteiger partial charge in [0.25, 0.3) is 0 Å². The zero-order chi connectivity index (χ0) is 67.0. The van der Waals surface area contributed by atoms with Gasteiger partial charge in [0.05, 0.1) is 24.2 Å². The highest BCUT2D eigenvalue weighted by Gasteiger charge is 2.38. The van der Waals surface area contributed by atoms with Crippen molar-refractivity contribution in [3.63, 3.8) is 0 Å². The summed E-state index contributed by atoms with van der Waals surface area (Å²) < 4.78 is 0. The smallest absolute Gasteiger partial charge is 0.245 e. The maximum atomic E-state index is 14.6. The Morgan fingerprint density at radius 1 is 0.711 bits per heavy atom. The van der Waals surface area contributed by atoms with Crippen LogP contribution in [0, 0.1) is 23.2 Å². The van der Waals surface area contributed by atoms with Crippen LogP contribution < -0.4 is 59.7 Å². The van der Waals surface area contributed by atoms with Crippen LogP contribution in [-0.2, 0) is 65.6 Å². The molecule has 2 heterocycles. The number of para-hydroxylation sites is 1. The Labute approximate surface area is 530 Å². The first-order chi connectivity index (χ1) is 42.4. The zero-order valence-corrected chi connectivity index (χ0v) is 54.3. The standard InChI is InChI=1S/C62H95N15O12S/c1-33(2)23-44(52-48(78)27-62(8,9)28-49(52)79)71-42(17-13-14-21-63)56(84)74-43(18-19-50(64)80)57(85)76-46(25-37-29-67-40-16-12-11-15-39(37)40)58(86)70-36(7)55(83)77-53(35(5)6)61(89)68-31-51(81)72-47(26-38-30-66-32-69-38)60(88)75-45(24-34(3)4)59(87)73-41(54(65)82)20-22-90-10/h11-12,15-16,29-30,32-36,41-43,45-47,53,67,78H,13-14,17-28,31,63H2,1-10H3,(H2,64,80)(H2,65,82)(H,66,69)(H,68,89)(H,70,86)(H,72,81)(H,73,87)(H,74,84)(H,75,88)(H,76,85)(H,77,83)/t36-,41-,42-,43-,45-,46-,47-,53-/m0/s1. The van der Waals surface area contributed by atoms with Crippen molar-refractivity contribution in [2.24, 2.45) is 45.4 Å². The molecule has 1 aliphatic carbocycles. The van der Waals surface area contributed by atoms with Gasteiger partial charge in [0, 0.05) is 61.1 Å². The number of hydrogen-bond donors (Lipinski definition) is 14. The molecule has 17 N–H and O–H groups in total. The van der Waals surface area contributed by atoms with Gasteiger partial charge in [0.15, 0.2) is 5.78 Å². The quantitative estimate of drug-likeness (QED) is 0.0286. The highest BCUT2D eigenvalue weighted by molar-refractivity contribution is 7.98. The fourth-order valence-corrected chi connectivity index (χ4v) is 10.8. The van der Waals surface area contributed by atoms with Crippen molar-refractivity contribution in [3.05, 3.63) is 65.6 Å². The maximum absolute atomic E-state index is 14.6. The third-order valence-corrected chi connectivity index (χ3v) is 15.6. The monoisotopic (exact) mass is 1270 g/mol. The largest absolute Gasteiger partial charge is 0.511 e. The summed E-state index contributed by atoms with van der Waals surface area (Å²) in [5, 5.41) is 33.1. The number of aliphatic hydroxyl groups excluding tert-OH is 1. The van der Waals surface area contributed by atoms with E-state index >= 15 is 0 Å². The number of H-pyrrole nitrogens is 2. The summed E-state index contributed by atoms with van der Waals surface area (Å²) in [6.07, 6.45) is 7.54. The number of carbonyl (C=O) groups is 11. The summed E-state index contributed by atoms with van der Waals surface area (Å²) in [7, 11) is 0. The predicted octanol–water partition coefficient (Wildman–Crippen LogP) is 1.60. The SMILES string of the molecule is CSCC[C@H](NC(=O)[C@H](CC(C)C)NC(=O)[C@H](Cc1cnc[nH]1)NC(=O)CNC(=O)[C@@H](NC(=O)[C@H](C)NC(=O)[C@H](Cc1c[nH]c2ccccc12)NC(=O)[C@H](CCC(N)=O)NC(=O)[C@H](CCCCN)N=C(CC(C)C)C1=C(O)CC(C)(C)CC1=O)C(C)C)C(N)=O. The highest BCUT2D eigenvalue weighted by Crippen LogP contribution is 2.37. The molecule has 8 atom stereocenters. The van der Waals surface area contributed by atoms with Crippen molar-refractivity contribution in [2.75, 3.05) is 25.1 Å². The normalized spacial score (nSPS) is 16.0. The molecule has 0 bridgehead atoms. The summed E-state index contributed by atoms with van der Waals surface area (Å²) >= 11 is 1.46. The molecular formula is C62H95N15O12S. The fourth-order valence-electron chi connectivity index (χ4n) is 10.3. The number of allylic oxidation sites excluding steroid dienone is 2. The Balaban J connectivity index is 1.55. The van der Waals surface area contributed by atoms with E-state index in [-0.39, 0.29) is 98.9 Å². The molecule has 3 aromatic rings. The van der Waals surface area contributed by atoms with Gasteiger partial charge in [-0.1, -0.05) is 73.6 Å². The number of benzene rings is 1. The van der Waals surface area contributed by atoms with Gasteiger partial charge in [-0.25, -0.2) is 4.98 Å². The Morgan fingerprint density at radius 2 is 1.34 bits per heavy atom. The summed E-state index contributed by atoms with van der Waals surface area (Å²) in [5.74, 6) is -8.43. The van der Waals surface area contributed by atoms with E-state index in [1.807, 2.05) is 66.0 Å². The summed E-state index contributed by atoms with van der Waals surface area (Å²) in [6.45, 7) is 15.5. The van der Waals surface area contributed by atoms with Crippen molar-refractivity contribution in [3.8, 4) is 0 Å². The van der Waals surface area contributed by atoms with Crippen LogP contribution in [0.15, 0.2) is 59.3 Å². The first kappa shape index (κ1) is 74.3. The van der Waals surface area contributed by atoms with E-state index < -0.39 is 125 Å². The molecule has 0 aliphatic heterocycles. The lowest BCUT2D eigenvalue weighted by molar-refractivity contribution is -0.135. The second-order valence-electron chi connectivity index (χ2n) is 24.9.